The largest absolute Gasteiger partial charge is 0.371 e. The topological polar surface area (TPSA) is 33.1 Å². The molecule has 3 rings (SSSR count). The van der Waals surface area contributed by atoms with Gasteiger partial charge in [0, 0.05) is 38.2 Å². The van der Waals surface area contributed by atoms with E-state index in [0.717, 1.165) is 31.9 Å². The lowest BCUT2D eigenvalue weighted by molar-refractivity contribution is 0.520. The van der Waals surface area contributed by atoms with Crippen molar-refractivity contribution in [3.63, 3.8) is 0 Å². The minimum atomic E-state index is 0.302. The average molecular weight is 284 g/mol. The summed E-state index contributed by atoms with van der Waals surface area (Å²) < 4.78 is 2.08. The van der Waals surface area contributed by atoms with Crippen LogP contribution < -0.4 is 10.2 Å². The van der Waals surface area contributed by atoms with Crippen LogP contribution in [-0.4, -0.2) is 29.2 Å². The van der Waals surface area contributed by atoms with E-state index in [4.69, 9.17) is 0 Å². The monoisotopic (exact) mass is 284 g/mol. The molecular weight excluding hydrogens is 260 g/mol. The van der Waals surface area contributed by atoms with Gasteiger partial charge < -0.3 is 14.8 Å². The Morgan fingerprint density at radius 1 is 1.33 bits per heavy atom. The third kappa shape index (κ3) is 3.10. The molecule has 112 valence electrons. The Morgan fingerprint density at radius 2 is 2.19 bits per heavy atom. The van der Waals surface area contributed by atoms with Crippen LogP contribution in [0.2, 0.25) is 0 Å². The lowest BCUT2D eigenvalue weighted by Gasteiger charge is -2.20. The number of hydrogen-bond donors (Lipinski definition) is 1. The molecule has 0 saturated heterocycles. The second-order valence-electron chi connectivity index (χ2n) is 5.79. The molecule has 21 heavy (non-hydrogen) atoms. The van der Waals surface area contributed by atoms with E-state index in [1.807, 2.05) is 19.4 Å². The SMILES string of the molecule is CC(NCCCN1CCc2ccccc21)c1nccn1C. The van der Waals surface area contributed by atoms with E-state index in [0.29, 0.717) is 6.04 Å². The van der Waals surface area contributed by atoms with Crippen LogP contribution in [0.5, 0.6) is 0 Å². The van der Waals surface area contributed by atoms with E-state index >= 15 is 0 Å². The van der Waals surface area contributed by atoms with E-state index in [-0.39, 0.29) is 0 Å². The van der Waals surface area contributed by atoms with Gasteiger partial charge in [-0.3, -0.25) is 0 Å². The molecule has 1 atom stereocenters. The fourth-order valence-corrected chi connectivity index (χ4v) is 3.11. The summed E-state index contributed by atoms with van der Waals surface area (Å²) in [4.78, 5) is 6.89. The van der Waals surface area contributed by atoms with Crippen molar-refractivity contribution in [3.8, 4) is 0 Å². The first-order chi connectivity index (χ1) is 10.3. The minimum absolute atomic E-state index is 0.302. The molecule has 4 heteroatoms. The Labute approximate surface area is 126 Å². The van der Waals surface area contributed by atoms with Crippen molar-refractivity contribution in [2.24, 2.45) is 7.05 Å². The van der Waals surface area contributed by atoms with Crippen LogP contribution in [0.4, 0.5) is 5.69 Å². The number of anilines is 1. The number of rotatable bonds is 6. The molecule has 2 heterocycles. The summed E-state index contributed by atoms with van der Waals surface area (Å²) in [6.45, 7) is 5.48. The Morgan fingerprint density at radius 3 is 3.00 bits per heavy atom. The van der Waals surface area contributed by atoms with E-state index in [1.165, 1.54) is 17.7 Å². The molecule has 1 aromatic carbocycles. The van der Waals surface area contributed by atoms with Gasteiger partial charge in [0.2, 0.25) is 0 Å². The Bertz CT molecular complexity index is 590. The van der Waals surface area contributed by atoms with Crippen molar-refractivity contribution in [2.75, 3.05) is 24.5 Å². The molecule has 0 saturated carbocycles. The Kier molecular flexibility index (Phi) is 4.25. The number of aryl methyl sites for hydroxylation is 1. The third-order valence-corrected chi connectivity index (χ3v) is 4.28. The van der Waals surface area contributed by atoms with Gasteiger partial charge in [-0.2, -0.15) is 0 Å². The highest BCUT2D eigenvalue weighted by Crippen LogP contribution is 2.27. The Hall–Kier alpha value is -1.81. The predicted molar refractivity (Wildman–Crippen MR) is 86.6 cm³/mol. The number of fused-ring (bicyclic) bond motifs is 1. The van der Waals surface area contributed by atoms with Crippen molar-refractivity contribution >= 4 is 5.69 Å². The molecule has 0 radical (unpaired) electrons. The number of aromatic nitrogens is 2. The van der Waals surface area contributed by atoms with Crippen LogP contribution in [0.1, 0.15) is 30.8 Å². The Balaban J connectivity index is 1.44. The number of para-hydroxylation sites is 1. The van der Waals surface area contributed by atoms with Gasteiger partial charge in [0.05, 0.1) is 6.04 Å². The molecule has 0 spiro atoms. The summed E-state index contributed by atoms with van der Waals surface area (Å²) in [5.74, 6) is 1.10. The van der Waals surface area contributed by atoms with Gasteiger partial charge in [0.1, 0.15) is 5.82 Å². The maximum absolute atomic E-state index is 4.39. The summed E-state index contributed by atoms with van der Waals surface area (Å²) >= 11 is 0. The summed E-state index contributed by atoms with van der Waals surface area (Å²) in [7, 11) is 2.04. The van der Waals surface area contributed by atoms with Crippen molar-refractivity contribution in [1.82, 2.24) is 14.9 Å². The maximum Gasteiger partial charge on any atom is 0.125 e. The van der Waals surface area contributed by atoms with Crippen molar-refractivity contribution in [3.05, 3.63) is 48.0 Å². The van der Waals surface area contributed by atoms with Crippen molar-refractivity contribution < 1.29 is 0 Å². The first-order valence-corrected chi connectivity index (χ1v) is 7.79. The fraction of sp³-hybridized carbons (Fsp3) is 0.471. The van der Waals surface area contributed by atoms with Crippen LogP contribution in [0.3, 0.4) is 0 Å². The second-order valence-corrected chi connectivity index (χ2v) is 5.79. The van der Waals surface area contributed by atoms with E-state index in [1.54, 1.807) is 0 Å². The highest BCUT2D eigenvalue weighted by atomic mass is 15.1. The molecule has 0 amide bonds. The summed E-state index contributed by atoms with van der Waals surface area (Å²) in [5.41, 5.74) is 2.92. The molecule has 0 fully saturated rings. The number of nitrogens with zero attached hydrogens (tertiary/aromatic N) is 3. The zero-order valence-corrected chi connectivity index (χ0v) is 12.9. The van der Waals surface area contributed by atoms with Gasteiger partial charge in [-0.05, 0) is 37.9 Å². The molecule has 1 N–H and O–H groups in total. The average Bonchev–Trinajstić information content (AvgIpc) is 3.10. The molecule has 1 aliphatic heterocycles. The lowest BCUT2D eigenvalue weighted by Crippen LogP contribution is -2.27. The number of nitrogens with one attached hydrogen (secondary N) is 1. The van der Waals surface area contributed by atoms with Gasteiger partial charge >= 0.3 is 0 Å². The van der Waals surface area contributed by atoms with E-state index < -0.39 is 0 Å². The predicted octanol–water partition coefficient (Wildman–Crippen LogP) is 2.52. The zero-order chi connectivity index (χ0) is 14.7. The minimum Gasteiger partial charge on any atom is -0.371 e. The summed E-state index contributed by atoms with van der Waals surface area (Å²) in [6, 6.07) is 9.07. The number of benzene rings is 1. The van der Waals surface area contributed by atoms with E-state index in [2.05, 4.69) is 51.0 Å². The zero-order valence-electron chi connectivity index (χ0n) is 12.9. The highest BCUT2D eigenvalue weighted by molar-refractivity contribution is 5.57. The standard InChI is InChI=1S/C17H24N4/c1-14(17-19-10-13-20(17)2)18-9-5-11-21-12-8-15-6-3-4-7-16(15)21/h3-4,6-7,10,13-14,18H,5,8-9,11-12H2,1-2H3. The van der Waals surface area contributed by atoms with Crippen molar-refractivity contribution in [2.45, 2.75) is 25.8 Å². The molecular formula is C17H24N4. The van der Waals surface area contributed by atoms with Crippen LogP contribution >= 0.6 is 0 Å². The van der Waals surface area contributed by atoms with Crippen LogP contribution in [-0.2, 0) is 13.5 Å². The summed E-state index contributed by atoms with van der Waals surface area (Å²) in [5, 5.41) is 3.56. The maximum atomic E-state index is 4.39. The van der Waals surface area contributed by atoms with Gasteiger partial charge in [0.15, 0.2) is 0 Å². The van der Waals surface area contributed by atoms with Crippen LogP contribution in [0.15, 0.2) is 36.7 Å². The quantitative estimate of drug-likeness (QED) is 0.828. The second kappa shape index (κ2) is 6.31. The lowest BCUT2D eigenvalue weighted by atomic mass is 10.2. The van der Waals surface area contributed by atoms with E-state index in [9.17, 15) is 0 Å². The van der Waals surface area contributed by atoms with Crippen molar-refractivity contribution in [1.29, 1.82) is 0 Å². The molecule has 2 aromatic rings. The fourth-order valence-electron chi connectivity index (χ4n) is 3.11. The van der Waals surface area contributed by atoms with Gasteiger partial charge in [-0.15, -0.1) is 0 Å². The molecule has 1 aliphatic rings. The molecule has 1 aromatic heterocycles. The van der Waals surface area contributed by atoms with Gasteiger partial charge in [0.25, 0.3) is 0 Å². The third-order valence-electron chi connectivity index (χ3n) is 4.28. The first-order valence-electron chi connectivity index (χ1n) is 7.79. The number of hydrogen-bond acceptors (Lipinski definition) is 3. The summed E-state index contributed by atoms with van der Waals surface area (Å²) in [6.07, 6.45) is 6.19. The van der Waals surface area contributed by atoms with Crippen LogP contribution in [0.25, 0.3) is 0 Å². The smallest absolute Gasteiger partial charge is 0.125 e. The normalized spacial score (nSPS) is 15.2. The van der Waals surface area contributed by atoms with Gasteiger partial charge in [-0.1, -0.05) is 18.2 Å². The van der Waals surface area contributed by atoms with Gasteiger partial charge in [-0.25, -0.2) is 4.98 Å². The number of imidazole rings is 1. The highest BCUT2D eigenvalue weighted by Gasteiger charge is 2.17. The molecule has 0 bridgehead atoms. The van der Waals surface area contributed by atoms with Crippen LogP contribution in [0, 0.1) is 0 Å². The molecule has 1 unspecified atom stereocenters. The molecule has 4 nitrogen and oxygen atoms in total. The first kappa shape index (κ1) is 14.1. The molecule has 0 aliphatic carbocycles.